The van der Waals surface area contributed by atoms with Crippen LogP contribution in [0.15, 0.2) is 36.5 Å². The van der Waals surface area contributed by atoms with Crippen molar-refractivity contribution in [3.63, 3.8) is 0 Å². The molecule has 3 atom stereocenters. The summed E-state index contributed by atoms with van der Waals surface area (Å²) in [5, 5.41) is 20.0. The molecule has 2 rings (SSSR count). The summed E-state index contributed by atoms with van der Waals surface area (Å²) >= 11 is 5.45. The summed E-state index contributed by atoms with van der Waals surface area (Å²) in [5.41, 5.74) is -0.883. The van der Waals surface area contributed by atoms with Crippen LogP contribution in [0.4, 0.5) is 13.2 Å². The fourth-order valence-electron chi connectivity index (χ4n) is 3.37. The Labute approximate surface area is 183 Å². The number of aromatic nitrogens is 1. The fraction of sp³-hybridized carbons (Fsp3) is 0.381. The maximum Gasteiger partial charge on any atom is 0.416 e. The zero-order chi connectivity index (χ0) is 23.5. The minimum absolute atomic E-state index is 0.00992. The van der Waals surface area contributed by atoms with Gasteiger partial charge in [-0.25, -0.2) is 9.78 Å². The predicted molar refractivity (Wildman–Crippen MR) is 112 cm³/mol. The van der Waals surface area contributed by atoms with Crippen LogP contribution < -0.4 is 4.74 Å². The molecule has 0 radical (unpaired) electrons. The molecule has 0 aliphatic heterocycles. The van der Waals surface area contributed by atoms with Gasteiger partial charge in [0.25, 0.3) is 0 Å². The first-order chi connectivity index (χ1) is 14.4. The van der Waals surface area contributed by atoms with Crippen LogP contribution in [0.25, 0.3) is 0 Å². The van der Waals surface area contributed by atoms with Gasteiger partial charge < -0.3 is 19.8 Å². The smallest absolute Gasteiger partial charge is 0.416 e. The molecule has 1 heterocycles. The zero-order valence-electron chi connectivity index (χ0n) is 17.3. The molecule has 0 fully saturated rings. The van der Waals surface area contributed by atoms with E-state index in [2.05, 4.69) is 4.98 Å². The highest BCUT2D eigenvalue weighted by atomic mass is 32.1. The van der Waals surface area contributed by atoms with Gasteiger partial charge in [-0.3, -0.25) is 0 Å². The summed E-state index contributed by atoms with van der Waals surface area (Å²) in [6, 6.07) is 4.55. The van der Waals surface area contributed by atoms with E-state index in [1.165, 1.54) is 49.4 Å². The second kappa shape index (κ2) is 9.51. The van der Waals surface area contributed by atoms with Crippen molar-refractivity contribution >= 4 is 23.2 Å². The molecule has 168 valence electrons. The molecule has 0 aliphatic carbocycles. The van der Waals surface area contributed by atoms with Gasteiger partial charge in [-0.1, -0.05) is 37.3 Å². The third kappa shape index (κ3) is 5.07. The van der Waals surface area contributed by atoms with Gasteiger partial charge in [-0.05, 0) is 25.5 Å². The molecule has 0 saturated heterocycles. The van der Waals surface area contributed by atoms with Crippen molar-refractivity contribution < 1.29 is 32.9 Å². The van der Waals surface area contributed by atoms with Crippen LogP contribution in [0, 0.1) is 0 Å². The number of thiocarbonyl (C=S) groups is 1. The van der Waals surface area contributed by atoms with Crippen LogP contribution in [0.5, 0.6) is 11.5 Å². The molecular formula is C21H23F3N2O4S. The monoisotopic (exact) mass is 456 g/mol. The largest absolute Gasteiger partial charge is 0.503 e. The third-order valence-corrected chi connectivity index (χ3v) is 5.64. The number of rotatable bonds is 7. The number of carbonyl (C=O) groups is 1. The van der Waals surface area contributed by atoms with Crippen LogP contribution in [0.3, 0.4) is 0 Å². The molecule has 0 aliphatic rings. The molecule has 1 aromatic heterocycles. The third-order valence-electron chi connectivity index (χ3n) is 5.24. The van der Waals surface area contributed by atoms with Crippen LogP contribution >= 0.6 is 12.2 Å². The highest BCUT2D eigenvalue weighted by Gasteiger charge is 2.38. The number of nitrogens with zero attached hydrogens (tertiary/aromatic N) is 2. The minimum atomic E-state index is -4.57. The van der Waals surface area contributed by atoms with Crippen molar-refractivity contribution in [2.45, 2.75) is 44.9 Å². The number of alkyl halides is 3. The van der Waals surface area contributed by atoms with Crippen molar-refractivity contribution in [1.82, 2.24) is 9.88 Å². The lowest BCUT2D eigenvalue weighted by Crippen LogP contribution is -2.50. The second-order valence-electron chi connectivity index (χ2n) is 7.05. The van der Waals surface area contributed by atoms with E-state index in [0.717, 1.165) is 6.07 Å². The molecule has 0 spiro atoms. The molecule has 2 N–H and O–H groups in total. The Bertz CT molecular complexity index is 968. The summed E-state index contributed by atoms with van der Waals surface area (Å²) in [7, 11) is 1.33. The number of methoxy groups -OCH3 is 1. The lowest BCUT2D eigenvalue weighted by Gasteiger charge is -2.38. The Hall–Kier alpha value is -2.88. The van der Waals surface area contributed by atoms with Gasteiger partial charge >= 0.3 is 12.1 Å². The lowest BCUT2D eigenvalue weighted by molar-refractivity contribution is -0.142. The summed E-state index contributed by atoms with van der Waals surface area (Å²) in [4.78, 5) is 17.0. The van der Waals surface area contributed by atoms with Crippen LogP contribution in [0.1, 0.15) is 43.5 Å². The SMILES string of the molecule is COc1ccnc(C(=S)N([C@@H](C)C(=O)O)[C@@H](C)[C@@H](C)c2ccccc2C(F)(F)F)c1O. The standard InChI is InChI=1S/C21H23F3N2O4S/c1-11(14-7-5-6-8-15(14)21(22,23)24)12(2)26(13(3)20(28)29)19(31)17-18(27)16(30-4)9-10-25-17/h5-13,27H,1-4H3,(H,28,29)/t11-,12+,13+/m1/s1. The average molecular weight is 456 g/mol. The molecule has 31 heavy (non-hydrogen) atoms. The molecule has 0 bridgehead atoms. The number of hydrogen-bond acceptors (Lipinski definition) is 5. The number of carboxylic acid groups (broad SMARTS) is 1. The first kappa shape index (κ1) is 24.4. The molecule has 6 nitrogen and oxygen atoms in total. The number of aromatic hydroxyl groups is 1. The number of benzene rings is 1. The molecule has 0 amide bonds. The second-order valence-corrected chi connectivity index (χ2v) is 7.44. The van der Waals surface area contributed by atoms with Crippen molar-refractivity contribution in [2.24, 2.45) is 0 Å². The van der Waals surface area contributed by atoms with E-state index in [1.807, 2.05) is 0 Å². The number of carboxylic acids is 1. The Morgan fingerprint density at radius 2 is 1.81 bits per heavy atom. The van der Waals surface area contributed by atoms with Crippen LogP contribution in [-0.4, -0.2) is 50.2 Å². The van der Waals surface area contributed by atoms with Crippen molar-refractivity contribution in [3.8, 4) is 11.5 Å². The van der Waals surface area contributed by atoms with E-state index in [1.54, 1.807) is 13.8 Å². The molecule has 2 aromatic rings. The molecule has 0 saturated carbocycles. The first-order valence-corrected chi connectivity index (χ1v) is 9.76. The van der Waals surface area contributed by atoms with E-state index in [9.17, 15) is 28.2 Å². The number of aliphatic carboxylic acids is 1. The fourth-order valence-corrected chi connectivity index (χ4v) is 3.84. The van der Waals surface area contributed by atoms with Crippen molar-refractivity contribution in [2.75, 3.05) is 7.11 Å². The summed E-state index contributed by atoms with van der Waals surface area (Å²) in [6.45, 7) is 4.52. The van der Waals surface area contributed by atoms with Gasteiger partial charge in [-0.2, -0.15) is 13.2 Å². The van der Waals surface area contributed by atoms with Crippen LogP contribution in [-0.2, 0) is 11.0 Å². The van der Waals surface area contributed by atoms with E-state index in [4.69, 9.17) is 17.0 Å². The number of ether oxygens (including phenoxy) is 1. The van der Waals surface area contributed by atoms with E-state index < -0.39 is 35.7 Å². The van der Waals surface area contributed by atoms with Gasteiger partial charge in [0.05, 0.1) is 12.7 Å². The summed E-state index contributed by atoms with van der Waals surface area (Å²) in [5.74, 6) is -2.29. The topological polar surface area (TPSA) is 82.9 Å². The van der Waals surface area contributed by atoms with Gasteiger partial charge in [0.2, 0.25) is 0 Å². The predicted octanol–water partition coefficient (Wildman–Crippen LogP) is 4.46. The Kier molecular flexibility index (Phi) is 7.48. The quantitative estimate of drug-likeness (QED) is 0.596. The minimum Gasteiger partial charge on any atom is -0.503 e. The number of halogens is 3. The molecule has 0 unspecified atom stereocenters. The normalized spacial score (nSPS) is 14.4. The van der Waals surface area contributed by atoms with E-state index in [-0.39, 0.29) is 27.7 Å². The van der Waals surface area contributed by atoms with Crippen LogP contribution in [0.2, 0.25) is 0 Å². The summed E-state index contributed by atoms with van der Waals surface area (Å²) in [6.07, 6.45) is -3.24. The lowest BCUT2D eigenvalue weighted by atomic mass is 9.88. The zero-order valence-corrected chi connectivity index (χ0v) is 18.2. The maximum atomic E-state index is 13.5. The molecule has 1 aromatic carbocycles. The van der Waals surface area contributed by atoms with Gasteiger partial charge in [-0.15, -0.1) is 0 Å². The highest BCUT2D eigenvalue weighted by Crippen LogP contribution is 2.38. The Morgan fingerprint density at radius 1 is 1.19 bits per heavy atom. The Morgan fingerprint density at radius 3 is 2.35 bits per heavy atom. The Balaban J connectivity index is 2.55. The van der Waals surface area contributed by atoms with Gasteiger partial charge in [0.15, 0.2) is 11.5 Å². The van der Waals surface area contributed by atoms with Crippen molar-refractivity contribution in [3.05, 3.63) is 53.3 Å². The average Bonchev–Trinajstić information content (AvgIpc) is 2.72. The highest BCUT2D eigenvalue weighted by molar-refractivity contribution is 7.80. The van der Waals surface area contributed by atoms with E-state index >= 15 is 0 Å². The number of pyridine rings is 1. The van der Waals surface area contributed by atoms with Crippen molar-refractivity contribution in [1.29, 1.82) is 0 Å². The van der Waals surface area contributed by atoms with Gasteiger partial charge in [0, 0.05) is 24.2 Å². The van der Waals surface area contributed by atoms with E-state index in [0.29, 0.717) is 0 Å². The summed E-state index contributed by atoms with van der Waals surface area (Å²) < 4.78 is 45.6. The number of hydrogen-bond donors (Lipinski definition) is 2. The van der Waals surface area contributed by atoms with Gasteiger partial charge in [0.1, 0.15) is 16.7 Å². The first-order valence-electron chi connectivity index (χ1n) is 9.35. The molecule has 10 heteroatoms. The molecular weight excluding hydrogens is 433 g/mol. The maximum absolute atomic E-state index is 13.5.